The second-order valence-electron chi connectivity index (χ2n) is 16.3. The predicted octanol–water partition coefficient (Wildman–Crippen LogP) is 8.41. The average molecular weight is 773 g/mol. The maximum absolute atomic E-state index is 14.6. The first-order valence-electron chi connectivity index (χ1n) is 20.7. The number of amides is 2. The Labute approximate surface area is 340 Å². The lowest BCUT2D eigenvalue weighted by atomic mass is 9.58. The molecule has 3 fully saturated rings. The van der Waals surface area contributed by atoms with Crippen LogP contribution < -0.4 is 4.74 Å². The maximum Gasteiger partial charge on any atom is 0.455 e. The van der Waals surface area contributed by atoms with Crippen LogP contribution in [0.25, 0.3) is 22.4 Å². The first-order valence-corrected chi connectivity index (χ1v) is 20.7. The molecule has 3 aliphatic heterocycles. The molecule has 9 rings (SSSR count). The van der Waals surface area contributed by atoms with E-state index in [9.17, 15) is 19.7 Å². The molecule has 4 aliphatic rings. The summed E-state index contributed by atoms with van der Waals surface area (Å²) in [6, 6.07) is 41.7. The summed E-state index contributed by atoms with van der Waals surface area (Å²) in [4.78, 5) is 33.1. The highest BCUT2D eigenvalue weighted by atomic mass is 16.5. The van der Waals surface area contributed by atoms with Crippen LogP contribution in [-0.2, 0) is 20.8 Å². The van der Waals surface area contributed by atoms with E-state index >= 15 is 0 Å². The van der Waals surface area contributed by atoms with Gasteiger partial charge < -0.3 is 19.5 Å². The maximum atomic E-state index is 14.6. The summed E-state index contributed by atoms with van der Waals surface area (Å²) in [5.74, 6) is -0.586. The lowest BCUT2D eigenvalue weighted by Crippen LogP contribution is -2.48. The van der Waals surface area contributed by atoms with Gasteiger partial charge in [0.15, 0.2) is 0 Å². The zero-order valence-corrected chi connectivity index (χ0v) is 32.7. The zero-order valence-electron chi connectivity index (χ0n) is 32.7. The van der Waals surface area contributed by atoms with E-state index in [1.165, 1.54) is 5.56 Å². The van der Waals surface area contributed by atoms with Crippen LogP contribution in [0, 0.1) is 17.8 Å². The molecule has 0 radical (unpaired) electrons. The number of para-hydroxylation sites is 1. The third-order valence-electron chi connectivity index (χ3n) is 12.8. The third kappa shape index (κ3) is 7.74. The van der Waals surface area contributed by atoms with Crippen LogP contribution in [0.15, 0.2) is 139 Å². The number of carbonyl (C=O) groups is 2. The van der Waals surface area contributed by atoms with E-state index < -0.39 is 25.1 Å². The quantitative estimate of drug-likeness (QED) is 0.0602. The van der Waals surface area contributed by atoms with Gasteiger partial charge in [0, 0.05) is 31.1 Å². The summed E-state index contributed by atoms with van der Waals surface area (Å²) in [5, 5.41) is 23.7. The number of rotatable bonds is 11. The van der Waals surface area contributed by atoms with Crippen LogP contribution in [-0.4, -0.2) is 70.7 Å². The first kappa shape index (κ1) is 38.1. The molecule has 0 bridgehead atoms. The van der Waals surface area contributed by atoms with Gasteiger partial charge in [-0.15, -0.1) is 0 Å². The summed E-state index contributed by atoms with van der Waals surface area (Å²) >= 11 is 0. The van der Waals surface area contributed by atoms with E-state index in [0.717, 1.165) is 76.8 Å². The van der Waals surface area contributed by atoms with Crippen molar-refractivity contribution in [3.8, 4) is 11.5 Å². The number of phenols is 1. The monoisotopic (exact) mass is 772 g/mol. The minimum atomic E-state index is -1.07. The Morgan fingerprint density at radius 2 is 1.47 bits per heavy atom. The number of ether oxygens (including phenoxy) is 1. The molecule has 5 aromatic rings. The number of hydrogen-bond acceptors (Lipinski definition) is 7. The number of benzene rings is 5. The molecule has 1 aliphatic carbocycles. The fourth-order valence-corrected chi connectivity index (χ4v) is 10.0. The highest BCUT2D eigenvalue weighted by Crippen LogP contribution is 2.51. The number of carbonyl (C=O) groups excluding carboxylic acids is 2. The van der Waals surface area contributed by atoms with Gasteiger partial charge in [0.05, 0.1) is 17.9 Å². The second kappa shape index (κ2) is 16.8. The van der Waals surface area contributed by atoms with Crippen molar-refractivity contribution in [2.75, 3.05) is 19.7 Å². The largest absolute Gasteiger partial charge is 0.507 e. The molecule has 58 heavy (non-hydrogen) atoms. The highest BCUT2D eigenvalue weighted by Gasteiger charge is 2.58. The highest BCUT2D eigenvalue weighted by molar-refractivity contribution is 6.43. The van der Waals surface area contributed by atoms with E-state index in [0.29, 0.717) is 19.3 Å². The Hall–Kier alpha value is -5.48. The van der Waals surface area contributed by atoms with Crippen molar-refractivity contribution in [3.05, 3.63) is 155 Å². The molecule has 0 spiro atoms. The average Bonchev–Trinajstić information content (AvgIpc) is 3.51. The Morgan fingerprint density at radius 3 is 2.21 bits per heavy atom. The number of nitrogens with zero attached hydrogens (tertiary/aromatic N) is 2. The normalized spacial score (nSPS) is 23.0. The van der Waals surface area contributed by atoms with Crippen LogP contribution in [0.5, 0.6) is 11.5 Å². The van der Waals surface area contributed by atoms with E-state index in [4.69, 9.17) is 9.39 Å². The predicted molar refractivity (Wildman–Crippen MR) is 227 cm³/mol. The molecule has 0 unspecified atom stereocenters. The van der Waals surface area contributed by atoms with Crippen molar-refractivity contribution in [2.24, 2.45) is 17.8 Å². The van der Waals surface area contributed by atoms with Gasteiger partial charge in [0.25, 0.3) is 0 Å². The van der Waals surface area contributed by atoms with Crippen LogP contribution in [0.4, 0.5) is 0 Å². The molecule has 3 heterocycles. The Balaban J connectivity index is 1.01. The van der Waals surface area contributed by atoms with Crippen molar-refractivity contribution in [3.63, 3.8) is 0 Å². The van der Waals surface area contributed by atoms with Gasteiger partial charge in [0.1, 0.15) is 18.1 Å². The molecule has 3 saturated heterocycles. The van der Waals surface area contributed by atoms with Gasteiger partial charge in [0.2, 0.25) is 11.8 Å². The van der Waals surface area contributed by atoms with E-state index in [1.807, 2.05) is 84.9 Å². The van der Waals surface area contributed by atoms with Gasteiger partial charge in [-0.2, -0.15) is 0 Å². The van der Waals surface area contributed by atoms with Crippen LogP contribution in [0.3, 0.4) is 0 Å². The number of allylic oxidation sites excluding steroid dienone is 1. The summed E-state index contributed by atoms with van der Waals surface area (Å²) in [5.41, 5.74) is 6.41. The van der Waals surface area contributed by atoms with E-state index in [1.54, 1.807) is 11.0 Å². The summed E-state index contributed by atoms with van der Waals surface area (Å²) < 4.78 is 12.8. The number of likely N-dealkylation sites (tertiary alicyclic amines) is 2. The molecule has 0 aromatic heterocycles. The number of phenolic OH excluding ortho intramolecular Hbond substituents is 1. The van der Waals surface area contributed by atoms with Crippen LogP contribution >= 0.6 is 0 Å². The van der Waals surface area contributed by atoms with Crippen molar-refractivity contribution in [1.82, 2.24) is 9.80 Å². The van der Waals surface area contributed by atoms with Crippen molar-refractivity contribution in [1.29, 1.82) is 0 Å². The molecule has 0 saturated carbocycles. The van der Waals surface area contributed by atoms with Crippen molar-refractivity contribution in [2.45, 2.75) is 57.1 Å². The molecule has 2 N–H and O–H groups in total. The molecule has 5 aromatic carbocycles. The molecule has 8 nitrogen and oxygen atoms in total. The summed E-state index contributed by atoms with van der Waals surface area (Å²) in [7, 11) is -1.07. The van der Waals surface area contributed by atoms with Gasteiger partial charge in [-0.3, -0.25) is 19.4 Å². The zero-order chi connectivity index (χ0) is 39.6. The molecule has 9 heteroatoms. The fourth-order valence-electron chi connectivity index (χ4n) is 10.0. The smallest absolute Gasteiger partial charge is 0.455 e. The summed E-state index contributed by atoms with van der Waals surface area (Å²) in [6.45, 7) is 2.77. The molecule has 2 amide bonds. The molecule has 4 atom stereocenters. The van der Waals surface area contributed by atoms with Gasteiger partial charge >= 0.3 is 7.12 Å². The third-order valence-corrected chi connectivity index (χ3v) is 12.8. The van der Waals surface area contributed by atoms with E-state index in [-0.39, 0.29) is 42.5 Å². The second-order valence-corrected chi connectivity index (χ2v) is 16.3. The number of hydrogen-bond donors (Lipinski definition) is 2. The molecular weight excluding hydrogens is 723 g/mol. The van der Waals surface area contributed by atoms with Gasteiger partial charge in [-0.1, -0.05) is 115 Å². The lowest BCUT2D eigenvalue weighted by Gasteiger charge is -2.43. The fraction of sp³-hybridized carbons (Fsp3) is 0.306. The Morgan fingerprint density at radius 1 is 0.793 bits per heavy atom. The Bertz CT molecular complexity index is 2330. The van der Waals surface area contributed by atoms with Crippen molar-refractivity contribution < 1.29 is 29.1 Å². The molecule has 294 valence electrons. The topological polar surface area (TPSA) is 99.5 Å². The number of aromatic hydroxyl groups is 1. The van der Waals surface area contributed by atoms with Crippen LogP contribution in [0.1, 0.15) is 48.8 Å². The van der Waals surface area contributed by atoms with Crippen molar-refractivity contribution >= 4 is 41.4 Å². The molecular formula is C49H49BN2O6. The van der Waals surface area contributed by atoms with E-state index in [2.05, 4.69) is 47.4 Å². The lowest BCUT2D eigenvalue weighted by molar-refractivity contribution is -0.144. The Kier molecular flexibility index (Phi) is 11.0. The first-order chi connectivity index (χ1) is 28.4. The number of piperidine rings is 1. The van der Waals surface area contributed by atoms with Gasteiger partial charge in [-0.05, 0) is 101 Å². The standard InChI is InChI=1S/C49H49BN2O6/c53-44-22-20-36(40-18-10-11-19-41(40)44)28-35(34-14-6-2-7-15-34)21-23-45-46-37(32-57-39-16-8-3-9-17-39)29-42-47(43(46)30-50(56)58-45)49(55)52(48(42)54)38-24-26-51(27-25-38)31-33-12-4-1-5-13-33/h1-20,22,28,38,42-43,45,47,53,56H,21,23-27,29-32H2/b35-28-/t42-,43+,45-,47-/m1/s1. The number of fused-ring (bicyclic) bond motifs is 4. The minimum absolute atomic E-state index is 0.0827. The minimum Gasteiger partial charge on any atom is -0.507 e. The SMILES string of the molecule is O=C1[C@@H]2[C@@H](CC(COc3ccccc3)=C3[C@@H](CC/C(=C/c4ccc(O)c5ccccc45)c4ccccc4)OB(O)C[C@@H]32)C(=O)N1C1CCN(Cc2ccccc2)CC1. The summed E-state index contributed by atoms with van der Waals surface area (Å²) in [6.07, 6.45) is 5.05. The number of imide groups is 1. The van der Waals surface area contributed by atoms with Crippen LogP contribution in [0.2, 0.25) is 6.32 Å². The van der Waals surface area contributed by atoms with Gasteiger partial charge in [-0.25, -0.2) is 0 Å².